The zero-order chi connectivity index (χ0) is 19.9. The van der Waals surface area contributed by atoms with Gasteiger partial charge in [-0.1, -0.05) is 74.6 Å². The van der Waals surface area contributed by atoms with E-state index in [0.29, 0.717) is 21.2 Å². The van der Waals surface area contributed by atoms with Crippen molar-refractivity contribution in [1.29, 1.82) is 0 Å². The van der Waals surface area contributed by atoms with Crippen LogP contribution in [-0.4, -0.2) is 23.9 Å². The Hall–Kier alpha value is -1.26. The Morgan fingerprint density at radius 3 is 1.29 bits per heavy atom. The lowest BCUT2D eigenvalue weighted by atomic mass is 10.0. The van der Waals surface area contributed by atoms with Gasteiger partial charge in [0.1, 0.15) is 0 Å². The molecule has 0 spiro atoms. The van der Waals surface area contributed by atoms with Crippen LogP contribution >= 0.6 is 23.2 Å². The summed E-state index contributed by atoms with van der Waals surface area (Å²) in [5.41, 5.74) is 0.620. The maximum absolute atomic E-state index is 13.0. The van der Waals surface area contributed by atoms with Gasteiger partial charge in [0.15, 0.2) is 0 Å². The lowest BCUT2D eigenvalue weighted by molar-refractivity contribution is 0.0898. The molecule has 0 aromatic heterocycles. The van der Waals surface area contributed by atoms with Crippen LogP contribution in [0.4, 0.5) is 0 Å². The SMILES string of the molecule is O=C(NC1CCCCCC1)c1cc(Cl)c(Cl)cc1C(=O)NC1CCCCCC1. The number of rotatable bonds is 4. The molecule has 28 heavy (non-hydrogen) atoms. The van der Waals surface area contributed by atoms with Gasteiger partial charge in [-0.3, -0.25) is 9.59 Å². The molecule has 0 radical (unpaired) electrons. The highest BCUT2D eigenvalue weighted by Gasteiger charge is 2.24. The second kappa shape index (κ2) is 10.5. The lowest BCUT2D eigenvalue weighted by Gasteiger charge is -2.20. The smallest absolute Gasteiger partial charge is 0.252 e. The molecule has 1 aromatic rings. The van der Waals surface area contributed by atoms with Crippen molar-refractivity contribution in [3.05, 3.63) is 33.3 Å². The van der Waals surface area contributed by atoms with Gasteiger partial charge in [0.05, 0.1) is 21.2 Å². The van der Waals surface area contributed by atoms with Crippen molar-refractivity contribution in [3.8, 4) is 0 Å². The highest BCUT2D eigenvalue weighted by Crippen LogP contribution is 2.27. The van der Waals surface area contributed by atoms with E-state index in [9.17, 15) is 9.59 Å². The van der Waals surface area contributed by atoms with Gasteiger partial charge in [0, 0.05) is 12.1 Å². The quantitative estimate of drug-likeness (QED) is 0.590. The van der Waals surface area contributed by atoms with Crippen LogP contribution in [0.5, 0.6) is 0 Å². The van der Waals surface area contributed by atoms with E-state index in [0.717, 1.165) is 51.4 Å². The zero-order valence-electron chi connectivity index (χ0n) is 16.4. The molecule has 2 saturated carbocycles. The molecular formula is C22H30Cl2N2O2. The van der Waals surface area contributed by atoms with Gasteiger partial charge in [-0.25, -0.2) is 0 Å². The van der Waals surface area contributed by atoms with Crippen LogP contribution in [0.15, 0.2) is 12.1 Å². The summed E-state index contributed by atoms with van der Waals surface area (Å²) in [6.07, 6.45) is 13.3. The van der Waals surface area contributed by atoms with E-state index in [1.54, 1.807) is 0 Å². The predicted octanol–water partition coefficient (Wildman–Crippen LogP) is 5.90. The van der Waals surface area contributed by atoms with Gasteiger partial charge in [0.2, 0.25) is 0 Å². The number of hydrogen-bond acceptors (Lipinski definition) is 2. The van der Waals surface area contributed by atoms with Crippen LogP contribution in [0.3, 0.4) is 0 Å². The van der Waals surface area contributed by atoms with Crippen molar-refractivity contribution in [2.45, 2.75) is 89.1 Å². The van der Waals surface area contributed by atoms with Crippen LogP contribution in [0.2, 0.25) is 10.0 Å². The number of carbonyl (C=O) groups is 2. The van der Waals surface area contributed by atoms with Crippen LogP contribution in [-0.2, 0) is 0 Å². The number of hydrogen-bond donors (Lipinski definition) is 2. The first kappa shape index (κ1) is 21.4. The fourth-order valence-corrected chi connectivity index (χ4v) is 4.62. The van der Waals surface area contributed by atoms with E-state index in [1.165, 1.54) is 37.8 Å². The highest BCUT2D eigenvalue weighted by molar-refractivity contribution is 6.42. The summed E-state index contributed by atoms with van der Waals surface area (Å²) in [7, 11) is 0. The Morgan fingerprint density at radius 2 is 0.964 bits per heavy atom. The van der Waals surface area contributed by atoms with E-state index in [1.807, 2.05) is 0 Å². The molecule has 2 aliphatic carbocycles. The number of nitrogens with one attached hydrogen (secondary N) is 2. The van der Waals surface area contributed by atoms with Crippen molar-refractivity contribution in [2.75, 3.05) is 0 Å². The molecule has 2 fully saturated rings. The number of amides is 2. The molecule has 0 atom stereocenters. The molecule has 2 N–H and O–H groups in total. The molecule has 6 heteroatoms. The second-order valence-electron chi connectivity index (χ2n) is 8.14. The Morgan fingerprint density at radius 1 is 0.643 bits per heavy atom. The molecular weight excluding hydrogens is 395 g/mol. The number of halogens is 2. The van der Waals surface area contributed by atoms with Gasteiger partial charge < -0.3 is 10.6 Å². The van der Waals surface area contributed by atoms with Crippen LogP contribution in [0.25, 0.3) is 0 Å². The third-order valence-electron chi connectivity index (χ3n) is 5.93. The molecule has 0 heterocycles. The van der Waals surface area contributed by atoms with Crippen LogP contribution in [0, 0.1) is 0 Å². The van der Waals surface area contributed by atoms with Crippen molar-refractivity contribution in [3.63, 3.8) is 0 Å². The van der Waals surface area contributed by atoms with Gasteiger partial charge in [-0.2, -0.15) is 0 Å². The molecule has 2 amide bonds. The molecule has 0 unspecified atom stereocenters. The molecule has 1 aromatic carbocycles. The number of benzene rings is 1. The molecule has 3 rings (SSSR count). The molecule has 0 bridgehead atoms. The first-order chi connectivity index (χ1) is 13.5. The largest absolute Gasteiger partial charge is 0.349 e. The Balaban J connectivity index is 1.76. The number of carbonyl (C=O) groups excluding carboxylic acids is 2. The minimum atomic E-state index is -0.239. The summed E-state index contributed by atoms with van der Waals surface area (Å²) in [4.78, 5) is 25.9. The normalized spacial score (nSPS) is 19.5. The maximum atomic E-state index is 13.0. The summed E-state index contributed by atoms with van der Waals surface area (Å²) in [5.74, 6) is -0.479. The molecule has 0 aliphatic heterocycles. The van der Waals surface area contributed by atoms with Gasteiger partial charge >= 0.3 is 0 Å². The molecule has 154 valence electrons. The minimum Gasteiger partial charge on any atom is -0.349 e. The second-order valence-corrected chi connectivity index (χ2v) is 8.95. The summed E-state index contributed by atoms with van der Waals surface area (Å²) in [6, 6.07) is 3.36. The topological polar surface area (TPSA) is 58.2 Å². The Kier molecular flexibility index (Phi) is 8.04. The molecule has 2 aliphatic rings. The molecule has 4 nitrogen and oxygen atoms in total. The molecule has 0 saturated heterocycles. The third-order valence-corrected chi connectivity index (χ3v) is 6.65. The van der Waals surface area contributed by atoms with Crippen LogP contribution < -0.4 is 10.6 Å². The Labute approximate surface area is 177 Å². The van der Waals surface area contributed by atoms with Crippen LogP contribution in [0.1, 0.15) is 97.8 Å². The summed E-state index contributed by atoms with van der Waals surface area (Å²) in [6.45, 7) is 0. The van der Waals surface area contributed by atoms with Crippen molar-refractivity contribution in [2.24, 2.45) is 0 Å². The van der Waals surface area contributed by atoms with Crippen molar-refractivity contribution >= 4 is 35.0 Å². The first-order valence-corrected chi connectivity index (χ1v) is 11.4. The van der Waals surface area contributed by atoms with E-state index in [4.69, 9.17) is 23.2 Å². The minimum absolute atomic E-state index is 0.155. The highest BCUT2D eigenvalue weighted by atomic mass is 35.5. The summed E-state index contributed by atoms with van der Waals surface area (Å²) < 4.78 is 0. The maximum Gasteiger partial charge on any atom is 0.252 e. The first-order valence-electron chi connectivity index (χ1n) is 10.7. The monoisotopic (exact) mass is 424 g/mol. The third kappa shape index (κ3) is 5.87. The summed E-state index contributed by atoms with van der Waals surface area (Å²) >= 11 is 12.3. The Bertz CT molecular complexity index is 633. The van der Waals surface area contributed by atoms with E-state index in [-0.39, 0.29) is 23.9 Å². The van der Waals surface area contributed by atoms with E-state index < -0.39 is 0 Å². The summed E-state index contributed by atoms with van der Waals surface area (Å²) in [5, 5.41) is 6.80. The predicted molar refractivity (Wildman–Crippen MR) is 114 cm³/mol. The van der Waals surface area contributed by atoms with Crippen molar-refractivity contribution < 1.29 is 9.59 Å². The van der Waals surface area contributed by atoms with Gasteiger partial charge in [-0.15, -0.1) is 0 Å². The fraction of sp³-hybridized carbons (Fsp3) is 0.636. The van der Waals surface area contributed by atoms with Crippen molar-refractivity contribution in [1.82, 2.24) is 10.6 Å². The zero-order valence-corrected chi connectivity index (χ0v) is 17.9. The fourth-order valence-electron chi connectivity index (χ4n) is 4.30. The van der Waals surface area contributed by atoms with Gasteiger partial charge in [-0.05, 0) is 37.8 Å². The van der Waals surface area contributed by atoms with E-state index in [2.05, 4.69) is 10.6 Å². The lowest BCUT2D eigenvalue weighted by Crippen LogP contribution is -2.38. The average molecular weight is 425 g/mol. The van der Waals surface area contributed by atoms with Gasteiger partial charge in [0.25, 0.3) is 11.8 Å². The van der Waals surface area contributed by atoms with E-state index >= 15 is 0 Å². The standard InChI is InChI=1S/C22H30Cl2N2O2/c23-19-13-17(21(27)25-15-9-5-1-2-6-10-15)18(14-20(19)24)22(28)26-16-11-7-3-4-8-12-16/h13-16H,1-12H2,(H,25,27)(H,26,28). The average Bonchev–Trinajstić information content (AvgIpc) is 3.08.